The molecular formula is C27H27FN4O. The smallest absolute Gasteiger partial charge is 0.251 e. The van der Waals surface area contributed by atoms with Crippen molar-refractivity contribution in [2.45, 2.75) is 26.4 Å². The predicted molar refractivity (Wildman–Crippen MR) is 129 cm³/mol. The molecular weight excluding hydrogens is 415 g/mol. The van der Waals surface area contributed by atoms with Crippen LogP contribution in [0.3, 0.4) is 0 Å². The number of rotatable bonds is 9. The highest BCUT2D eigenvalue weighted by Gasteiger charge is 2.13. The summed E-state index contributed by atoms with van der Waals surface area (Å²) in [4.78, 5) is 12.2. The molecule has 0 aliphatic rings. The topological polar surface area (TPSA) is 59.0 Å². The molecule has 4 rings (SSSR count). The van der Waals surface area contributed by atoms with Crippen molar-refractivity contribution in [1.29, 1.82) is 0 Å². The van der Waals surface area contributed by atoms with Gasteiger partial charge in [-0.1, -0.05) is 37.3 Å². The Morgan fingerprint density at radius 2 is 1.76 bits per heavy atom. The van der Waals surface area contributed by atoms with Gasteiger partial charge in [0.2, 0.25) is 0 Å². The van der Waals surface area contributed by atoms with E-state index >= 15 is 0 Å². The largest absolute Gasteiger partial charge is 0.352 e. The number of nitrogens with one attached hydrogen (secondary N) is 2. The van der Waals surface area contributed by atoms with E-state index in [1.807, 2.05) is 72.4 Å². The number of para-hydroxylation sites is 1. The predicted octanol–water partition coefficient (Wildman–Crippen LogP) is 5.11. The van der Waals surface area contributed by atoms with Crippen LogP contribution in [0.1, 0.15) is 34.8 Å². The monoisotopic (exact) mass is 442 g/mol. The van der Waals surface area contributed by atoms with E-state index in [9.17, 15) is 9.18 Å². The van der Waals surface area contributed by atoms with E-state index in [0.29, 0.717) is 25.2 Å². The van der Waals surface area contributed by atoms with Gasteiger partial charge in [-0.2, -0.15) is 5.10 Å². The molecule has 1 aromatic heterocycles. The van der Waals surface area contributed by atoms with Crippen LogP contribution in [0.5, 0.6) is 0 Å². The van der Waals surface area contributed by atoms with E-state index in [1.54, 1.807) is 12.1 Å². The van der Waals surface area contributed by atoms with Crippen molar-refractivity contribution in [3.63, 3.8) is 0 Å². The van der Waals surface area contributed by atoms with E-state index in [1.165, 1.54) is 12.1 Å². The summed E-state index contributed by atoms with van der Waals surface area (Å²) in [6, 6.07) is 23.9. The van der Waals surface area contributed by atoms with Crippen LogP contribution < -0.4 is 10.6 Å². The first-order valence-corrected chi connectivity index (χ1v) is 11.1. The lowest BCUT2D eigenvalue weighted by atomic mass is 10.1. The molecule has 0 atom stereocenters. The van der Waals surface area contributed by atoms with Crippen molar-refractivity contribution in [3.05, 3.63) is 108 Å². The van der Waals surface area contributed by atoms with Crippen molar-refractivity contribution < 1.29 is 9.18 Å². The second-order valence-electron chi connectivity index (χ2n) is 7.85. The maximum absolute atomic E-state index is 13.5. The molecule has 0 bridgehead atoms. The molecule has 168 valence electrons. The Bertz CT molecular complexity index is 1200. The highest BCUT2D eigenvalue weighted by molar-refractivity contribution is 5.94. The summed E-state index contributed by atoms with van der Waals surface area (Å²) in [6.07, 6.45) is 2.90. The Hall–Kier alpha value is -3.77. The maximum atomic E-state index is 13.5. The number of amides is 1. The third kappa shape index (κ3) is 5.73. The molecule has 1 heterocycles. The quantitative estimate of drug-likeness (QED) is 0.379. The fourth-order valence-corrected chi connectivity index (χ4v) is 3.61. The van der Waals surface area contributed by atoms with Crippen LogP contribution in [0.2, 0.25) is 0 Å². The molecule has 0 aliphatic carbocycles. The zero-order valence-corrected chi connectivity index (χ0v) is 18.6. The van der Waals surface area contributed by atoms with E-state index in [-0.39, 0.29) is 11.7 Å². The van der Waals surface area contributed by atoms with Gasteiger partial charge in [0.1, 0.15) is 5.82 Å². The first kappa shape index (κ1) is 22.4. The summed E-state index contributed by atoms with van der Waals surface area (Å²) >= 11 is 0. The van der Waals surface area contributed by atoms with Gasteiger partial charge in [-0.05, 0) is 60.5 Å². The number of carbonyl (C=O) groups excluding carboxylic acids is 1. The van der Waals surface area contributed by atoms with E-state index in [2.05, 4.69) is 10.6 Å². The minimum absolute atomic E-state index is 0.0542. The molecule has 0 aliphatic heterocycles. The lowest BCUT2D eigenvalue weighted by Crippen LogP contribution is -2.24. The van der Waals surface area contributed by atoms with Gasteiger partial charge in [-0.25, -0.2) is 9.07 Å². The standard InChI is InChI=1S/C27H27FN4O/c1-2-15-30-27(33)22-8-6-7-20(16-22)17-29-18-23-19-32(25-9-4-3-5-10-25)31-26(23)21-11-13-24(28)14-12-21/h3-14,16,19,29H,2,15,17-18H2,1H3,(H,30,33). The number of hydrogen-bond donors (Lipinski definition) is 2. The van der Waals surface area contributed by atoms with E-state index < -0.39 is 0 Å². The van der Waals surface area contributed by atoms with Crippen LogP contribution in [-0.2, 0) is 13.1 Å². The minimum atomic E-state index is -0.274. The molecule has 0 unspecified atom stereocenters. The molecule has 6 heteroatoms. The highest BCUT2D eigenvalue weighted by Crippen LogP contribution is 2.24. The van der Waals surface area contributed by atoms with Crippen LogP contribution in [-0.4, -0.2) is 22.2 Å². The van der Waals surface area contributed by atoms with Crippen molar-refractivity contribution in [1.82, 2.24) is 20.4 Å². The molecule has 5 nitrogen and oxygen atoms in total. The summed E-state index contributed by atoms with van der Waals surface area (Å²) in [5, 5.41) is 11.1. The van der Waals surface area contributed by atoms with Crippen LogP contribution in [0.15, 0.2) is 85.1 Å². The molecule has 4 aromatic rings. The molecule has 0 fully saturated rings. The van der Waals surface area contributed by atoms with Gasteiger partial charge in [0.15, 0.2) is 0 Å². The average Bonchev–Trinajstić information content (AvgIpc) is 3.28. The van der Waals surface area contributed by atoms with Gasteiger partial charge >= 0.3 is 0 Å². The molecule has 2 N–H and O–H groups in total. The van der Waals surface area contributed by atoms with E-state index in [4.69, 9.17) is 5.10 Å². The number of aromatic nitrogens is 2. The van der Waals surface area contributed by atoms with Gasteiger partial charge in [-0.3, -0.25) is 4.79 Å². The zero-order chi connectivity index (χ0) is 23.0. The molecule has 0 radical (unpaired) electrons. The third-order valence-corrected chi connectivity index (χ3v) is 5.30. The van der Waals surface area contributed by atoms with Crippen molar-refractivity contribution in [3.8, 4) is 16.9 Å². The third-order valence-electron chi connectivity index (χ3n) is 5.30. The molecule has 0 spiro atoms. The SMILES string of the molecule is CCCNC(=O)c1cccc(CNCc2cn(-c3ccccc3)nc2-c2ccc(F)cc2)c1. The first-order chi connectivity index (χ1) is 16.1. The number of hydrogen-bond acceptors (Lipinski definition) is 3. The lowest BCUT2D eigenvalue weighted by molar-refractivity contribution is 0.0953. The summed E-state index contributed by atoms with van der Waals surface area (Å²) < 4.78 is 15.3. The summed E-state index contributed by atoms with van der Waals surface area (Å²) in [6.45, 7) is 3.87. The molecule has 3 aromatic carbocycles. The summed E-state index contributed by atoms with van der Waals surface area (Å²) in [5.41, 5.74) is 5.31. The van der Waals surface area contributed by atoms with Crippen molar-refractivity contribution >= 4 is 5.91 Å². The molecule has 33 heavy (non-hydrogen) atoms. The Morgan fingerprint density at radius 3 is 2.52 bits per heavy atom. The average molecular weight is 443 g/mol. The highest BCUT2D eigenvalue weighted by atomic mass is 19.1. The first-order valence-electron chi connectivity index (χ1n) is 11.1. The molecule has 0 saturated carbocycles. The second-order valence-corrected chi connectivity index (χ2v) is 7.85. The minimum Gasteiger partial charge on any atom is -0.352 e. The fraction of sp³-hybridized carbons (Fsp3) is 0.185. The fourth-order valence-electron chi connectivity index (χ4n) is 3.61. The van der Waals surface area contributed by atoms with Crippen molar-refractivity contribution in [2.24, 2.45) is 0 Å². The number of benzene rings is 3. The molecule has 1 amide bonds. The second kappa shape index (κ2) is 10.7. The Labute approximate surface area is 193 Å². The van der Waals surface area contributed by atoms with Crippen LogP contribution in [0.4, 0.5) is 4.39 Å². The van der Waals surface area contributed by atoms with Crippen LogP contribution in [0.25, 0.3) is 16.9 Å². The number of carbonyl (C=O) groups is 1. The summed E-state index contributed by atoms with van der Waals surface area (Å²) in [7, 11) is 0. The zero-order valence-electron chi connectivity index (χ0n) is 18.6. The van der Waals surface area contributed by atoms with Gasteiger partial charge in [-0.15, -0.1) is 0 Å². The maximum Gasteiger partial charge on any atom is 0.251 e. The molecule has 0 saturated heterocycles. The Balaban J connectivity index is 1.51. The van der Waals surface area contributed by atoms with Gasteiger partial charge in [0, 0.05) is 42.5 Å². The van der Waals surface area contributed by atoms with Gasteiger partial charge in [0.25, 0.3) is 5.91 Å². The van der Waals surface area contributed by atoms with Gasteiger partial charge in [0.05, 0.1) is 11.4 Å². The van der Waals surface area contributed by atoms with Gasteiger partial charge < -0.3 is 10.6 Å². The normalized spacial score (nSPS) is 10.8. The Kier molecular flexibility index (Phi) is 7.27. The van der Waals surface area contributed by atoms with Crippen molar-refractivity contribution in [2.75, 3.05) is 6.54 Å². The summed E-state index contributed by atoms with van der Waals surface area (Å²) in [5.74, 6) is -0.329. The lowest BCUT2D eigenvalue weighted by Gasteiger charge is -2.08. The van der Waals surface area contributed by atoms with Crippen LogP contribution in [0, 0.1) is 5.82 Å². The Morgan fingerprint density at radius 1 is 0.970 bits per heavy atom. The number of nitrogens with zero attached hydrogens (tertiary/aromatic N) is 2. The number of halogens is 1. The van der Waals surface area contributed by atoms with Crippen LogP contribution >= 0.6 is 0 Å². The van der Waals surface area contributed by atoms with E-state index in [0.717, 1.165) is 34.5 Å².